The van der Waals surface area contributed by atoms with Crippen molar-refractivity contribution in [2.45, 2.75) is 20.3 Å². The average Bonchev–Trinajstić information content (AvgIpc) is 2.38. The fraction of sp³-hybridized carbons (Fsp3) is 0.714. The van der Waals surface area contributed by atoms with Gasteiger partial charge in [0.25, 0.3) is 0 Å². The van der Waals surface area contributed by atoms with E-state index in [1.54, 1.807) is 6.07 Å². The number of aromatic nitrogens is 2. The molecule has 5 nitrogen and oxygen atoms in total. The maximum Gasteiger partial charge on any atom is 0.134 e. The first kappa shape index (κ1) is 15.5. The van der Waals surface area contributed by atoms with E-state index in [1.165, 1.54) is 0 Å². The minimum Gasteiger partial charge on any atom is -0.379 e. The van der Waals surface area contributed by atoms with Gasteiger partial charge in [-0.15, -0.1) is 0 Å². The number of hydrogen-bond acceptors (Lipinski definition) is 5. The van der Waals surface area contributed by atoms with Crippen molar-refractivity contribution in [3.63, 3.8) is 0 Å². The zero-order chi connectivity index (χ0) is 14.4. The zero-order valence-electron chi connectivity index (χ0n) is 12.2. The molecule has 0 spiro atoms. The smallest absolute Gasteiger partial charge is 0.134 e. The number of nitrogens with zero attached hydrogens (tertiary/aromatic N) is 3. The van der Waals surface area contributed by atoms with E-state index in [0.717, 1.165) is 57.5 Å². The van der Waals surface area contributed by atoms with Gasteiger partial charge in [0, 0.05) is 38.7 Å². The Hall–Kier alpha value is -0.910. The molecular formula is C14H23ClN4O. The quantitative estimate of drug-likeness (QED) is 0.815. The summed E-state index contributed by atoms with van der Waals surface area (Å²) in [5.41, 5.74) is 0. The molecule has 1 N–H and O–H groups in total. The van der Waals surface area contributed by atoms with Crippen molar-refractivity contribution in [2.75, 3.05) is 44.7 Å². The summed E-state index contributed by atoms with van der Waals surface area (Å²) >= 11 is 6.04. The Morgan fingerprint density at radius 1 is 1.35 bits per heavy atom. The Bertz CT molecular complexity index is 422. The Balaban J connectivity index is 1.83. The van der Waals surface area contributed by atoms with Crippen LogP contribution in [0.5, 0.6) is 0 Å². The van der Waals surface area contributed by atoms with Gasteiger partial charge in [0.2, 0.25) is 0 Å². The topological polar surface area (TPSA) is 50.3 Å². The van der Waals surface area contributed by atoms with E-state index in [9.17, 15) is 0 Å². The first-order chi connectivity index (χ1) is 9.63. The molecular weight excluding hydrogens is 276 g/mol. The lowest BCUT2D eigenvalue weighted by Crippen LogP contribution is -2.39. The van der Waals surface area contributed by atoms with Gasteiger partial charge < -0.3 is 10.1 Å². The molecule has 0 saturated carbocycles. The van der Waals surface area contributed by atoms with Crippen LogP contribution in [0.25, 0.3) is 0 Å². The largest absolute Gasteiger partial charge is 0.379 e. The second-order valence-electron chi connectivity index (χ2n) is 5.47. The molecule has 1 aromatic heterocycles. The van der Waals surface area contributed by atoms with Crippen LogP contribution in [-0.2, 0) is 11.2 Å². The zero-order valence-corrected chi connectivity index (χ0v) is 13.0. The fourth-order valence-corrected chi connectivity index (χ4v) is 2.38. The highest BCUT2D eigenvalue weighted by molar-refractivity contribution is 6.29. The van der Waals surface area contributed by atoms with Crippen LogP contribution >= 0.6 is 11.6 Å². The van der Waals surface area contributed by atoms with Crippen LogP contribution in [0, 0.1) is 5.92 Å². The van der Waals surface area contributed by atoms with Crippen molar-refractivity contribution in [1.82, 2.24) is 14.9 Å². The predicted octanol–water partition coefficient (Wildman–Crippen LogP) is 2.07. The van der Waals surface area contributed by atoms with Crippen LogP contribution in [0.3, 0.4) is 0 Å². The molecule has 20 heavy (non-hydrogen) atoms. The standard InChI is InChI=1S/C14H23ClN4O/c1-11(2)9-14-17-12(15)10-13(18-14)16-3-4-19-5-7-20-8-6-19/h10-11H,3-9H2,1-2H3,(H,16,17,18). The molecule has 6 heteroatoms. The number of halogens is 1. The minimum absolute atomic E-state index is 0.504. The maximum atomic E-state index is 6.04. The molecule has 1 saturated heterocycles. The maximum absolute atomic E-state index is 6.04. The van der Waals surface area contributed by atoms with Crippen LogP contribution in [0.1, 0.15) is 19.7 Å². The number of hydrogen-bond donors (Lipinski definition) is 1. The number of nitrogens with one attached hydrogen (secondary N) is 1. The summed E-state index contributed by atoms with van der Waals surface area (Å²) in [6, 6.07) is 1.78. The predicted molar refractivity (Wildman–Crippen MR) is 81.3 cm³/mol. The molecule has 1 aliphatic rings. The average molecular weight is 299 g/mol. The minimum atomic E-state index is 0.504. The highest BCUT2D eigenvalue weighted by Gasteiger charge is 2.10. The highest BCUT2D eigenvalue weighted by Crippen LogP contribution is 2.13. The summed E-state index contributed by atoms with van der Waals surface area (Å²) in [4.78, 5) is 11.1. The van der Waals surface area contributed by atoms with Crippen LogP contribution < -0.4 is 5.32 Å². The van der Waals surface area contributed by atoms with Crippen molar-refractivity contribution in [3.8, 4) is 0 Å². The van der Waals surface area contributed by atoms with Gasteiger partial charge in [-0.3, -0.25) is 4.90 Å². The van der Waals surface area contributed by atoms with Crippen molar-refractivity contribution >= 4 is 17.4 Å². The molecule has 0 radical (unpaired) electrons. The molecule has 2 heterocycles. The van der Waals surface area contributed by atoms with Gasteiger partial charge in [-0.2, -0.15) is 0 Å². The third-order valence-electron chi connectivity index (χ3n) is 3.17. The van der Waals surface area contributed by atoms with Gasteiger partial charge in [-0.25, -0.2) is 9.97 Å². The van der Waals surface area contributed by atoms with Gasteiger partial charge in [-0.05, 0) is 5.92 Å². The van der Waals surface area contributed by atoms with Crippen molar-refractivity contribution in [3.05, 3.63) is 17.0 Å². The summed E-state index contributed by atoms with van der Waals surface area (Å²) in [5.74, 6) is 2.14. The summed E-state index contributed by atoms with van der Waals surface area (Å²) in [6.07, 6.45) is 0.846. The van der Waals surface area contributed by atoms with Gasteiger partial charge in [0.15, 0.2) is 0 Å². The Labute approximate surface area is 125 Å². The number of morpholine rings is 1. The van der Waals surface area contributed by atoms with E-state index in [0.29, 0.717) is 11.1 Å². The number of ether oxygens (including phenoxy) is 1. The fourth-order valence-electron chi connectivity index (χ4n) is 2.18. The Morgan fingerprint density at radius 2 is 2.10 bits per heavy atom. The Morgan fingerprint density at radius 3 is 2.80 bits per heavy atom. The van der Waals surface area contributed by atoms with E-state index in [4.69, 9.17) is 16.3 Å². The van der Waals surface area contributed by atoms with Gasteiger partial charge in [-0.1, -0.05) is 25.4 Å². The van der Waals surface area contributed by atoms with Crippen molar-refractivity contribution < 1.29 is 4.74 Å². The second-order valence-corrected chi connectivity index (χ2v) is 5.86. The first-order valence-electron chi connectivity index (χ1n) is 7.21. The van der Waals surface area contributed by atoms with Crippen molar-refractivity contribution in [1.29, 1.82) is 0 Å². The second kappa shape index (κ2) is 7.76. The van der Waals surface area contributed by atoms with E-state index in [1.807, 2.05) is 0 Å². The van der Waals surface area contributed by atoms with Crippen LogP contribution in [0.15, 0.2) is 6.07 Å². The summed E-state index contributed by atoms with van der Waals surface area (Å²) in [7, 11) is 0. The van der Waals surface area contributed by atoms with Crippen LogP contribution in [-0.4, -0.2) is 54.3 Å². The van der Waals surface area contributed by atoms with Crippen LogP contribution in [0.4, 0.5) is 5.82 Å². The van der Waals surface area contributed by atoms with Crippen LogP contribution in [0.2, 0.25) is 5.15 Å². The third kappa shape index (κ3) is 5.23. The molecule has 0 atom stereocenters. The van der Waals surface area contributed by atoms with E-state index >= 15 is 0 Å². The molecule has 0 unspecified atom stereocenters. The van der Waals surface area contributed by atoms with E-state index in [2.05, 4.69) is 34.0 Å². The van der Waals surface area contributed by atoms with E-state index in [-0.39, 0.29) is 0 Å². The molecule has 0 aromatic carbocycles. The molecule has 0 amide bonds. The molecule has 1 aliphatic heterocycles. The van der Waals surface area contributed by atoms with Crippen molar-refractivity contribution in [2.24, 2.45) is 5.92 Å². The first-order valence-corrected chi connectivity index (χ1v) is 7.58. The Kier molecular flexibility index (Phi) is 6.01. The molecule has 1 aromatic rings. The van der Waals surface area contributed by atoms with Gasteiger partial charge in [0.1, 0.15) is 16.8 Å². The van der Waals surface area contributed by atoms with E-state index < -0.39 is 0 Å². The van der Waals surface area contributed by atoms with Gasteiger partial charge >= 0.3 is 0 Å². The summed E-state index contributed by atoms with van der Waals surface area (Å²) in [5, 5.41) is 3.83. The lowest BCUT2D eigenvalue weighted by atomic mass is 10.1. The lowest BCUT2D eigenvalue weighted by Gasteiger charge is -2.26. The lowest BCUT2D eigenvalue weighted by molar-refractivity contribution is 0.0398. The monoisotopic (exact) mass is 298 g/mol. The number of anilines is 1. The summed E-state index contributed by atoms with van der Waals surface area (Å²) in [6.45, 7) is 9.82. The normalized spacial score (nSPS) is 16.6. The molecule has 112 valence electrons. The highest BCUT2D eigenvalue weighted by atomic mass is 35.5. The SMILES string of the molecule is CC(C)Cc1nc(Cl)cc(NCCN2CCOCC2)n1. The third-order valence-corrected chi connectivity index (χ3v) is 3.36. The summed E-state index contributed by atoms with van der Waals surface area (Å²) < 4.78 is 5.33. The number of rotatable bonds is 6. The molecule has 0 aliphatic carbocycles. The molecule has 2 rings (SSSR count). The van der Waals surface area contributed by atoms with Gasteiger partial charge in [0.05, 0.1) is 13.2 Å². The molecule has 0 bridgehead atoms. The molecule has 1 fully saturated rings.